The number of hydrogen-bond donors (Lipinski definition) is 0. The number of Topliss-reactive ketones (excluding diaryl/α,β-unsaturated/α-hetero) is 2. The molecule has 0 atom stereocenters. The van der Waals surface area contributed by atoms with Crippen LogP contribution in [0.1, 0.15) is 54.3 Å². The summed E-state index contributed by atoms with van der Waals surface area (Å²) in [6, 6.07) is 6.30. The summed E-state index contributed by atoms with van der Waals surface area (Å²) in [4.78, 5) is 39.8. The van der Waals surface area contributed by atoms with Crippen molar-refractivity contribution in [2.75, 3.05) is 32.8 Å². The number of allylic oxidation sites excluding steroid dienone is 2. The molecule has 0 unspecified atom stereocenters. The molecule has 8 nitrogen and oxygen atoms in total. The summed E-state index contributed by atoms with van der Waals surface area (Å²) >= 11 is 0. The number of carbonyl (C=O) groups excluding carboxylic acids is 3. The van der Waals surface area contributed by atoms with Crippen molar-refractivity contribution in [3.05, 3.63) is 46.0 Å². The lowest BCUT2D eigenvalue weighted by Crippen LogP contribution is -2.45. The molecule has 31 heavy (non-hydrogen) atoms. The molecule has 1 aromatic rings. The minimum Gasteiger partial charge on any atom is -0.466 e. The first-order chi connectivity index (χ1) is 14.8. The van der Waals surface area contributed by atoms with E-state index in [2.05, 4.69) is 0 Å². The zero-order valence-electron chi connectivity index (χ0n) is 18.1. The topological polar surface area (TPSA) is 101 Å². The molecule has 3 rings (SSSR count). The average molecular weight is 449 g/mol. The second-order valence-corrected chi connectivity index (χ2v) is 9.36. The molecule has 2 aliphatic rings. The molecule has 0 N–H and O–H groups in total. The fourth-order valence-electron chi connectivity index (χ4n) is 4.13. The molecule has 9 heteroatoms. The Morgan fingerprint density at radius 3 is 2.10 bits per heavy atom. The molecule has 1 fully saturated rings. The second-order valence-electron chi connectivity index (χ2n) is 7.48. The fraction of sp³-hybridized carbons (Fsp3) is 0.500. The van der Waals surface area contributed by atoms with Gasteiger partial charge < -0.3 is 9.64 Å². The maximum absolute atomic E-state index is 13.6. The smallest absolute Gasteiger partial charge is 0.309 e. The Hall–Kier alpha value is -2.52. The minimum atomic E-state index is -4.24. The summed E-state index contributed by atoms with van der Waals surface area (Å²) in [6.45, 7) is 6.56. The van der Waals surface area contributed by atoms with Crippen LogP contribution < -0.4 is 0 Å². The van der Waals surface area contributed by atoms with Gasteiger partial charge in [-0.15, -0.1) is 0 Å². The molecule has 1 heterocycles. The van der Waals surface area contributed by atoms with Crippen LogP contribution in [0.4, 0.5) is 0 Å². The first-order valence-electron chi connectivity index (χ1n) is 10.6. The van der Waals surface area contributed by atoms with Gasteiger partial charge in [0.15, 0.2) is 4.91 Å². The molecule has 0 saturated carbocycles. The maximum Gasteiger partial charge on any atom is 0.309 e. The third kappa shape index (κ3) is 4.16. The van der Waals surface area contributed by atoms with E-state index in [1.807, 2.05) is 13.8 Å². The number of ether oxygens (including phenoxy) is 1. The minimum absolute atomic E-state index is 0.0683. The van der Waals surface area contributed by atoms with Crippen LogP contribution in [0.3, 0.4) is 0 Å². The lowest BCUT2D eigenvalue weighted by atomic mass is 9.92. The zero-order valence-corrected chi connectivity index (χ0v) is 18.9. The predicted molar refractivity (Wildman–Crippen MR) is 115 cm³/mol. The fourth-order valence-corrected chi connectivity index (χ4v) is 5.89. The first kappa shape index (κ1) is 23.1. The second kappa shape index (κ2) is 9.32. The van der Waals surface area contributed by atoms with Crippen LogP contribution in [0, 0.1) is 5.92 Å². The number of ketones is 2. The van der Waals surface area contributed by atoms with Gasteiger partial charge in [0.2, 0.25) is 21.6 Å². The Labute approximate surface area is 182 Å². The molecule has 0 amide bonds. The number of rotatable bonds is 7. The number of piperidine rings is 1. The van der Waals surface area contributed by atoms with E-state index in [4.69, 9.17) is 4.74 Å². The van der Waals surface area contributed by atoms with E-state index < -0.39 is 26.5 Å². The molecule has 0 radical (unpaired) electrons. The van der Waals surface area contributed by atoms with Crippen molar-refractivity contribution in [3.8, 4) is 0 Å². The highest BCUT2D eigenvalue weighted by atomic mass is 32.2. The Bertz CT molecular complexity index is 1020. The summed E-state index contributed by atoms with van der Waals surface area (Å²) in [6.07, 6.45) is 0.620. The van der Waals surface area contributed by atoms with E-state index in [1.165, 1.54) is 10.4 Å². The molecule has 0 bridgehead atoms. The highest BCUT2D eigenvalue weighted by Crippen LogP contribution is 2.34. The van der Waals surface area contributed by atoms with Crippen LogP contribution in [-0.4, -0.2) is 67.9 Å². The summed E-state index contributed by atoms with van der Waals surface area (Å²) < 4.78 is 33.5. The van der Waals surface area contributed by atoms with E-state index in [1.54, 1.807) is 30.0 Å². The summed E-state index contributed by atoms with van der Waals surface area (Å²) in [7, 11) is -4.24. The van der Waals surface area contributed by atoms with Crippen molar-refractivity contribution < 1.29 is 27.5 Å². The zero-order chi connectivity index (χ0) is 22.8. The van der Waals surface area contributed by atoms with Crippen LogP contribution in [-0.2, 0) is 19.6 Å². The Kier molecular flexibility index (Phi) is 6.96. The van der Waals surface area contributed by atoms with E-state index in [0.29, 0.717) is 25.9 Å². The number of hydrogen-bond acceptors (Lipinski definition) is 7. The van der Waals surface area contributed by atoms with Gasteiger partial charge in [-0.1, -0.05) is 24.3 Å². The van der Waals surface area contributed by atoms with Crippen molar-refractivity contribution in [1.29, 1.82) is 0 Å². The summed E-state index contributed by atoms with van der Waals surface area (Å²) in [5.41, 5.74) is 0.249. The van der Waals surface area contributed by atoms with Crippen molar-refractivity contribution in [2.45, 2.75) is 33.6 Å². The molecule has 1 saturated heterocycles. The van der Waals surface area contributed by atoms with Crippen LogP contribution in [0.25, 0.3) is 0 Å². The first-order valence-corrected chi connectivity index (χ1v) is 12.1. The van der Waals surface area contributed by atoms with Crippen LogP contribution >= 0.6 is 0 Å². The van der Waals surface area contributed by atoms with Gasteiger partial charge in [0, 0.05) is 37.3 Å². The van der Waals surface area contributed by atoms with Gasteiger partial charge in [-0.05, 0) is 33.6 Å². The quantitative estimate of drug-likeness (QED) is 0.590. The lowest BCUT2D eigenvalue weighted by Gasteiger charge is -2.34. The number of esters is 1. The van der Waals surface area contributed by atoms with E-state index in [0.717, 1.165) is 0 Å². The maximum atomic E-state index is 13.6. The molecule has 1 aromatic carbocycles. The van der Waals surface area contributed by atoms with Gasteiger partial charge >= 0.3 is 5.97 Å². The Balaban J connectivity index is 2.02. The highest BCUT2D eigenvalue weighted by Gasteiger charge is 2.44. The number of likely N-dealkylation sites (N-methyl/N-ethyl adjacent to an activating group) is 1. The largest absolute Gasteiger partial charge is 0.466 e. The highest BCUT2D eigenvalue weighted by molar-refractivity contribution is 7.94. The van der Waals surface area contributed by atoms with E-state index in [-0.39, 0.29) is 48.4 Å². The van der Waals surface area contributed by atoms with Crippen molar-refractivity contribution in [1.82, 2.24) is 9.21 Å². The van der Waals surface area contributed by atoms with E-state index in [9.17, 15) is 22.8 Å². The Morgan fingerprint density at radius 2 is 1.58 bits per heavy atom. The molecule has 1 aliphatic heterocycles. The van der Waals surface area contributed by atoms with Crippen molar-refractivity contribution >= 4 is 27.6 Å². The van der Waals surface area contributed by atoms with Crippen LogP contribution in [0.5, 0.6) is 0 Å². The number of carbonyl (C=O) groups is 3. The lowest BCUT2D eigenvalue weighted by molar-refractivity contribution is -0.149. The monoisotopic (exact) mass is 448 g/mol. The van der Waals surface area contributed by atoms with Gasteiger partial charge in [0.25, 0.3) is 0 Å². The molecular formula is C22H28N2O6S. The van der Waals surface area contributed by atoms with Gasteiger partial charge in [0.1, 0.15) is 5.70 Å². The predicted octanol–water partition coefficient (Wildman–Crippen LogP) is 2.22. The Morgan fingerprint density at radius 1 is 1.03 bits per heavy atom. The SMILES string of the molecule is CCOC(=O)C1CCN(S(=O)(=O)C2=C(N(CC)CC)C(=O)c3ccccc3C2=O)CC1. The molecular weight excluding hydrogens is 420 g/mol. The average Bonchev–Trinajstić information content (AvgIpc) is 2.78. The van der Waals surface area contributed by atoms with Crippen LogP contribution in [0.15, 0.2) is 34.9 Å². The van der Waals surface area contributed by atoms with Crippen molar-refractivity contribution in [2.24, 2.45) is 5.92 Å². The normalized spacial score (nSPS) is 18.2. The standard InChI is InChI=1S/C22H28N2O6S/c1-4-23(5-2)18-19(25)16-9-7-8-10-17(16)20(26)21(18)31(28,29)24-13-11-15(12-14-24)22(27)30-6-3/h7-10,15H,4-6,11-14H2,1-3H3. The number of fused-ring (bicyclic) bond motifs is 1. The number of nitrogens with zero attached hydrogens (tertiary/aromatic N) is 2. The van der Waals surface area contributed by atoms with Crippen LogP contribution in [0.2, 0.25) is 0 Å². The molecule has 0 spiro atoms. The summed E-state index contributed by atoms with van der Waals surface area (Å²) in [5.74, 6) is -1.82. The van der Waals surface area contributed by atoms with Gasteiger partial charge in [-0.25, -0.2) is 8.42 Å². The van der Waals surface area contributed by atoms with E-state index >= 15 is 0 Å². The van der Waals surface area contributed by atoms with Gasteiger partial charge in [-0.2, -0.15) is 4.31 Å². The molecule has 1 aliphatic carbocycles. The third-order valence-electron chi connectivity index (χ3n) is 5.80. The van der Waals surface area contributed by atoms with Gasteiger partial charge in [0.05, 0.1) is 12.5 Å². The molecule has 168 valence electrons. The van der Waals surface area contributed by atoms with Gasteiger partial charge in [-0.3, -0.25) is 14.4 Å². The number of sulfonamides is 1. The van der Waals surface area contributed by atoms with Crippen molar-refractivity contribution in [3.63, 3.8) is 0 Å². The molecule has 0 aromatic heterocycles. The number of benzene rings is 1. The summed E-state index contributed by atoms with van der Waals surface area (Å²) in [5, 5.41) is 0. The third-order valence-corrected chi connectivity index (χ3v) is 7.74.